The molecule has 0 spiro atoms. The van der Waals surface area contributed by atoms with E-state index in [9.17, 15) is 5.11 Å². The summed E-state index contributed by atoms with van der Waals surface area (Å²) in [6, 6.07) is 5.55. The van der Waals surface area contributed by atoms with Gasteiger partial charge in [-0.05, 0) is 49.0 Å². The Balaban J connectivity index is 3.04. The molecule has 0 aliphatic heterocycles. The highest BCUT2D eigenvalue weighted by atomic mass is 16.3. The number of benzene rings is 1. The van der Waals surface area contributed by atoms with Crippen LogP contribution in [-0.2, 0) is 0 Å². The van der Waals surface area contributed by atoms with E-state index in [1.807, 2.05) is 19.1 Å². The van der Waals surface area contributed by atoms with Crippen molar-refractivity contribution in [1.82, 2.24) is 0 Å². The zero-order valence-electron chi connectivity index (χ0n) is 9.40. The molecule has 0 aliphatic carbocycles. The molecule has 1 atom stereocenters. The highest BCUT2D eigenvalue weighted by Crippen LogP contribution is 2.32. The molecule has 0 aromatic heterocycles. The summed E-state index contributed by atoms with van der Waals surface area (Å²) in [5.74, 6) is 0.757. The first kappa shape index (κ1) is 12.0. The molecular weight excluding hydrogens is 188 g/mol. The number of nitrogens with two attached hydrogens (primary N) is 2. The van der Waals surface area contributed by atoms with Crippen LogP contribution in [0.25, 0.3) is 0 Å². The summed E-state index contributed by atoms with van der Waals surface area (Å²) in [6.07, 6.45) is 0. The summed E-state index contributed by atoms with van der Waals surface area (Å²) < 4.78 is 0. The Morgan fingerprint density at radius 1 is 1.27 bits per heavy atom. The molecule has 15 heavy (non-hydrogen) atoms. The number of aryl methyl sites for hydroxylation is 1. The Bertz CT molecular complexity index is 301. The minimum absolute atomic E-state index is 0.196. The lowest BCUT2D eigenvalue weighted by atomic mass is 9.85. The zero-order chi connectivity index (χ0) is 11.4. The van der Waals surface area contributed by atoms with Crippen LogP contribution in [0.2, 0.25) is 0 Å². The van der Waals surface area contributed by atoms with Crippen LogP contribution in [0.5, 0.6) is 5.75 Å². The second-order valence-electron chi connectivity index (χ2n) is 4.03. The summed E-state index contributed by atoms with van der Waals surface area (Å²) in [5, 5.41) is 9.82. The van der Waals surface area contributed by atoms with E-state index in [-0.39, 0.29) is 11.8 Å². The maximum Gasteiger partial charge on any atom is 0.119 e. The van der Waals surface area contributed by atoms with E-state index < -0.39 is 0 Å². The van der Waals surface area contributed by atoms with Crippen LogP contribution in [0.15, 0.2) is 18.2 Å². The third-order valence-corrected chi connectivity index (χ3v) is 3.07. The first-order valence-corrected chi connectivity index (χ1v) is 5.30. The molecule has 0 radical (unpaired) electrons. The van der Waals surface area contributed by atoms with Gasteiger partial charge in [-0.2, -0.15) is 0 Å². The lowest BCUT2D eigenvalue weighted by molar-refractivity contribution is 0.424. The fraction of sp³-hybridized carbons (Fsp3) is 0.500. The molecule has 1 rings (SSSR count). The molecule has 0 heterocycles. The van der Waals surface area contributed by atoms with Crippen molar-refractivity contribution in [3.8, 4) is 5.75 Å². The molecule has 84 valence electrons. The molecule has 0 fully saturated rings. The first-order chi connectivity index (χ1) is 7.11. The van der Waals surface area contributed by atoms with Crippen LogP contribution in [-0.4, -0.2) is 18.2 Å². The second-order valence-corrected chi connectivity index (χ2v) is 4.03. The smallest absolute Gasteiger partial charge is 0.119 e. The largest absolute Gasteiger partial charge is 0.508 e. The van der Waals surface area contributed by atoms with Gasteiger partial charge in [0.15, 0.2) is 0 Å². The zero-order valence-corrected chi connectivity index (χ0v) is 9.40. The molecule has 1 aromatic rings. The van der Waals surface area contributed by atoms with Gasteiger partial charge in [0.2, 0.25) is 0 Å². The van der Waals surface area contributed by atoms with Gasteiger partial charge in [-0.1, -0.05) is 19.1 Å². The predicted octanol–water partition coefficient (Wildman–Crippen LogP) is 1.34. The van der Waals surface area contributed by atoms with Gasteiger partial charge in [0.25, 0.3) is 0 Å². The van der Waals surface area contributed by atoms with E-state index >= 15 is 0 Å². The molecule has 0 aliphatic rings. The normalized spacial score (nSPS) is 13.1. The Morgan fingerprint density at radius 2 is 1.87 bits per heavy atom. The van der Waals surface area contributed by atoms with Gasteiger partial charge in [0.05, 0.1) is 0 Å². The van der Waals surface area contributed by atoms with Gasteiger partial charge in [0.1, 0.15) is 5.75 Å². The van der Waals surface area contributed by atoms with Crippen molar-refractivity contribution >= 4 is 0 Å². The lowest BCUT2D eigenvalue weighted by Gasteiger charge is -2.23. The van der Waals surface area contributed by atoms with Crippen molar-refractivity contribution in [2.75, 3.05) is 13.1 Å². The molecule has 0 amide bonds. The molecule has 1 aromatic carbocycles. The maximum atomic E-state index is 9.82. The van der Waals surface area contributed by atoms with Crippen molar-refractivity contribution < 1.29 is 5.11 Å². The van der Waals surface area contributed by atoms with Crippen molar-refractivity contribution in [2.45, 2.75) is 19.8 Å². The highest BCUT2D eigenvalue weighted by Gasteiger charge is 2.20. The second kappa shape index (κ2) is 5.14. The standard InChI is InChI=1S/C12H20N2O/c1-8-4-3-5-11(15)12(8)9(2)10(6-13)7-14/h3-5,9-10,15H,6-7,13-14H2,1-2H3. The quantitative estimate of drug-likeness (QED) is 0.699. The SMILES string of the molecule is Cc1cccc(O)c1C(C)C(CN)CN. The summed E-state index contributed by atoms with van der Waals surface area (Å²) >= 11 is 0. The fourth-order valence-corrected chi connectivity index (χ4v) is 2.00. The fourth-order valence-electron chi connectivity index (χ4n) is 2.00. The number of hydrogen-bond acceptors (Lipinski definition) is 3. The summed E-state index contributed by atoms with van der Waals surface area (Å²) in [6.45, 7) is 5.15. The minimum Gasteiger partial charge on any atom is -0.508 e. The van der Waals surface area contributed by atoms with Crippen LogP contribution in [0.4, 0.5) is 0 Å². The molecule has 0 saturated heterocycles. The van der Waals surface area contributed by atoms with Crippen molar-refractivity contribution in [3.05, 3.63) is 29.3 Å². The minimum atomic E-state index is 0.196. The summed E-state index contributed by atoms with van der Waals surface area (Å²) in [7, 11) is 0. The topological polar surface area (TPSA) is 72.3 Å². The third kappa shape index (κ3) is 2.49. The maximum absolute atomic E-state index is 9.82. The molecule has 1 unspecified atom stereocenters. The first-order valence-electron chi connectivity index (χ1n) is 5.30. The number of phenols is 1. The van der Waals surface area contributed by atoms with Crippen LogP contribution in [0.3, 0.4) is 0 Å². The number of rotatable bonds is 4. The van der Waals surface area contributed by atoms with Crippen LogP contribution in [0.1, 0.15) is 24.0 Å². The average molecular weight is 208 g/mol. The van der Waals surface area contributed by atoms with E-state index in [2.05, 4.69) is 6.92 Å². The van der Waals surface area contributed by atoms with Gasteiger partial charge in [-0.25, -0.2) is 0 Å². The third-order valence-electron chi connectivity index (χ3n) is 3.07. The Morgan fingerprint density at radius 3 is 2.33 bits per heavy atom. The Hall–Kier alpha value is -1.06. The summed E-state index contributed by atoms with van der Waals surface area (Å²) in [4.78, 5) is 0. The van der Waals surface area contributed by atoms with Gasteiger partial charge in [-0.3, -0.25) is 0 Å². The lowest BCUT2D eigenvalue weighted by Crippen LogP contribution is -2.28. The van der Waals surface area contributed by atoms with Gasteiger partial charge in [0, 0.05) is 0 Å². The predicted molar refractivity (Wildman–Crippen MR) is 62.9 cm³/mol. The summed E-state index contributed by atoms with van der Waals surface area (Å²) in [5.41, 5.74) is 13.4. The molecule has 0 saturated carbocycles. The van der Waals surface area contributed by atoms with Crippen molar-refractivity contribution in [2.24, 2.45) is 17.4 Å². The van der Waals surface area contributed by atoms with Crippen LogP contribution >= 0.6 is 0 Å². The number of phenolic OH excluding ortho intramolecular Hbond substituents is 1. The van der Waals surface area contributed by atoms with E-state index in [0.717, 1.165) is 11.1 Å². The molecule has 3 nitrogen and oxygen atoms in total. The van der Waals surface area contributed by atoms with Gasteiger partial charge >= 0.3 is 0 Å². The van der Waals surface area contributed by atoms with Gasteiger partial charge in [-0.15, -0.1) is 0 Å². The highest BCUT2D eigenvalue weighted by molar-refractivity contribution is 5.41. The van der Waals surface area contributed by atoms with Gasteiger partial charge < -0.3 is 16.6 Å². The van der Waals surface area contributed by atoms with E-state index in [1.54, 1.807) is 6.07 Å². The van der Waals surface area contributed by atoms with Crippen LogP contribution in [0, 0.1) is 12.8 Å². The average Bonchev–Trinajstić information content (AvgIpc) is 2.19. The monoisotopic (exact) mass is 208 g/mol. The van der Waals surface area contributed by atoms with Crippen LogP contribution < -0.4 is 11.5 Å². The molecule has 0 bridgehead atoms. The molecule has 5 N–H and O–H groups in total. The van der Waals surface area contributed by atoms with Crippen molar-refractivity contribution in [1.29, 1.82) is 0 Å². The Labute approximate surface area is 91.1 Å². The molecule has 3 heteroatoms. The molecular formula is C12H20N2O. The number of hydrogen-bond donors (Lipinski definition) is 3. The Kier molecular flexibility index (Phi) is 4.12. The van der Waals surface area contributed by atoms with E-state index in [0.29, 0.717) is 18.8 Å². The van der Waals surface area contributed by atoms with E-state index in [4.69, 9.17) is 11.5 Å². The van der Waals surface area contributed by atoms with E-state index in [1.165, 1.54) is 0 Å². The van der Waals surface area contributed by atoms with Crippen molar-refractivity contribution in [3.63, 3.8) is 0 Å². The number of aromatic hydroxyl groups is 1.